The van der Waals surface area contributed by atoms with Gasteiger partial charge in [0.15, 0.2) is 5.96 Å². The molecule has 142 valence electrons. The molecule has 8 nitrogen and oxygen atoms in total. The van der Waals surface area contributed by atoms with Gasteiger partial charge in [-0.3, -0.25) is 14.7 Å². The number of amides is 3. The van der Waals surface area contributed by atoms with Gasteiger partial charge in [-0.05, 0) is 13.0 Å². The highest BCUT2D eigenvalue weighted by atomic mass is 19.3. The van der Waals surface area contributed by atoms with Gasteiger partial charge in [0.05, 0.1) is 6.54 Å². The molecular formula is C16H21F2N5O3. The Morgan fingerprint density at radius 1 is 1.38 bits per heavy atom. The van der Waals surface area contributed by atoms with E-state index in [1.54, 1.807) is 19.2 Å². The number of hydrogen-bond donors (Lipinski definition) is 3. The average molecular weight is 369 g/mol. The van der Waals surface area contributed by atoms with Crippen LogP contribution in [0, 0.1) is 6.92 Å². The van der Waals surface area contributed by atoms with Crippen LogP contribution in [0.3, 0.4) is 0 Å². The molecule has 3 N–H and O–H groups in total. The number of urea groups is 1. The van der Waals surface area contributed by atoms with E-state index in [2.05, 4.69) is 25.7 Å². The minimum Gasteiger partial charge on any atom is -0.434 e. The van der Waals surface area contributed by atoms with Gasteiger partial charge in [-0.15, -0.1) is 0 Å². The van der Waals surface area contributed by atoms with E-state index in [1.807, 2.05) is 6.92 Å². The molecule has 2 rings (SSSR count). The van der Waals surface area contributed by atoms with Crippen molar-refractivity contribution in [2.75, 3.05) is 26.7 Å². The summed E-state index contributed by atoms with van der Waals surface area (Å²) in [7, 11) is 1.55. The lowest BCUT2D eigenvalue weighted by Crippen LogP contribution is -2.43. The highest BCUT2D eigenvalue weighted by Crippen LogP contribution is 2.21. The van der Waals surface area contributed by atoms with Crippen LogP contribution in [0.4, 0.5) is 13.6 Å². The van der Waals surface area contributed by atoms with E-state index in [0.29, 0.717) is 18.1 Å². The molecule has 1 saturated heterocycles. The molecular weight excluding hydrogens is 348 g/mol. The first kappa shape index (κ1) is 19.4. The summed E-state index contributed by atoms with van der Waals surface area (Å²) in [5.74, 6) is 0.211. The number of aryl methyl sites for hydroxylation is 1. The van der Waals surface area contributed by atoms with E-state index in [9.17, 15) is 18.4 Å². The molecule has 0 saturated carbocycles. The summed E-state index contributed by atoms with van der Waals surface area (Å²) in [6.45, 7) is -0.347. The molecule has 1 aliphatic rings. The largest absolute Gasteiger partial charge is 0.434 e. The minimum absolute atomic E-state index is 0.00603. The Morgan fingerprint density at radius 2 is 2.15 bits per heavy atom. The summed E-state index contributed by atoms with van der Waals surface area (Å²) in [5.41, 5.74) is 1.47. The van der Waals surface area contributed by atoms with Gasteiger partial charge in [0, 0.05) is 32.2 Å². The zero-order valence-electron chi connectivity index (χ0n) is 14.5. The zero-order chi connectivity index (χ0) is 19.1. The Hall–Kier alpha value is -2.91. The summed E-state index contributed by atoms with van der Waals surface area (Å²) >= 11 is 0. The Bertz CT molecular complexity index is 680. The number of rotatable bonds is 7. The average Bonchev–Trinajstić information content (AvgIpc) is 2.91. The van der Waals surface area contributed by atoms with Crippen LogP contribution in [0.5, 0.6) is 5.75 Å². The second-order valence-corrected chi connectivity index (χ2v) is 5.55. The lowest BCUT2D eigenvalue weighted by atomic mass is 10.1. The first-order chi connectivity index (χ1) is 12.4. The normalized spacial score (nSPS) is 14.7. The van der Waals surface area contributed by atoms with E-state index < -0.39 is 12.6 Å². The van der Waals surface area contributed by atoms with Crippen LogP contribution >= 0.6 is 0 Å². The van der Waals surface area contributed by atoms with Gasteiger partial charge in [-0.2, -0.15) is 8.78 Å². The molecule has 1 heterocycles. The van der Waals surface area contributed by atoms with Gasteiger partial charge < -0.3 is 20.7 Å². The number of ether oxygens (including phenoxy) is 1. The van der Waals surface area contributed by atoms with Crippen molar-refractivity contribution in [2.45, 2.75) is 20.1 Å². The van der Waals surface area contributed by atoms with Crippen LogP contribution in [0.2, 0.25) is 0 Å². The SMILES string of the molecule is CN=C(NCCN1C(=O)CNC1=O)NCc1cc(C)ccc1OC(F)F. The Balaban J connectivity index is 1.88. The number of carbonyl (C=O) groups is 2. The van der Waals surface area contributed by atoms with Crippen molar-refractivity contribution in [3.8, 4) is 5.75 Å². The number of imide groups is 1. The molecule has 0 unspecified atom stereocenters. The summed E-state index contributed by atoms with van der Waals surface area (Å²) < 4.78 is 29.5. The second kappa shape index (κ2) is 8.97. The highest BCUT2D eigenvalue weighted by Gasteiger charge is 2.27. The maximum absolute atomic E-state index is 12.5. The molecule has 10 heteroatoms. The topological polar surface area (TPSA) is 95.1 Å². The number of carbonyl (C=O) groups excluding carboxylic acids is 2. The van der Waals surface area contributed by atoms with Crippen LogP contribution in [0.15, 0.2) is 23.2 Å². The van der Waals surface area contributed by atoms with Crippen molar-refractivity contribution < 1.29 is 23.1 Å². The number of guanidine groups is 1. The summed E-state index contributed by atoms with van der Waals surface area (Å²) in [4.78, 5) is 28.1. The van der Waals surface area contributed by atoms with E-state index in [4.69, 9.17) is 0 Å². The van der Waals surface area contributed by atoms with Crippen molar-refractivity contribution in [1.82, 2.24) is 20.9 Å². The van der Waals surface area contributed by atoms with E-state index in [-0.39, 0.29) is 31.3 Å². The third-order valence-electron chi connectivity index (χ3n) is 3.67. The molecule has 1 aliphatic heterocycles. The standard InChI is InChI=1S/C16H21F2N5O3/c1-10-3-4-12(26-14(17)18)11(7-10)8-21-15(19-2)20-5-6-23-13(24)9-22-16(23)25/h3-4,7,14H,5-6,8-9H2,1-2H3,(H,22,25)(H2,19,20,21). The van der Waals surface area contributed by atoms with Crippen LogP contribution in [0.25, 0.3) is 0 Å². The maximum Gasteiger partial charge on any atom is 0.387 e. The second-order valence-electron chi connectivity index (χ2n) is 5.55. The molecule has 26 heavy (non-hydrogen) atoms. The zero-order valence-corrected chi connectivity index (χ0v) is 14.5. The van der Waals surface area contributed by atoms with Crippen LogP contribution in [-0.2, 0) is 11.3 Å². The highest BCUT2D eigenvalue weighted by molar-refractivity contribution is 6.01. The van der Waals surface area contributed by atoms with Crippen LogP contribution in [0.1, 0.15) is 11.1 Å². The molecule has 0 atom stereocenters. The molecule has 3 amide bonds. The lowest BCUT2D eigenvalue weighted by molar-refractivity contribution is -0.124. The fourth-order valence-electron chi connectivity index (χ4n) is 2.42. The number of nitrogens with zero attached hydrogens (tertiary/aromatic N) is 2. The molecule has 0 aliphatic carbocycles. The molecule has 0 spiro atoms. The van der Waals surface area contributed by atoms with E-state index in [1.165, 1.54) is 6.07 Å². The number of aliphatic imine (C=N–C) groups is 1. The van der Waals surface area contributed by atoms with Gasteiger partial charge in [0.1, 0.15) is 5.75 Å². The quantitative estimate of drug-likeness (QED) is 0.376. The van der Waals surface area contributed by atoms with Crippen LogP contribution < -0.4 is 20.7 Å². The van der Waals surface area contributed by atoms with E-state index >= 15 is 0 Å². The van der Waals surface area contributed by atoms with Gasteiger partial charge >= 0.3 is 12.6 Å². The number of benzene rings is 1. The number of alkyl halides is 2. The monoisotopic (exact) mass is 369 g/mol. The Kier molecular flexibility index (Phi) is 6.70. The molecule has 0 aromatic heterocycles. The number of nitrogens with one attached hydrogen (secondary N) is 3. The summed E-state index contributed by atoms with van der Waals surface area (Å²) in [6.07, 6.45) is 0. The Morgan fingerprint density at radius 3 is 2.77 bits per heavy atom. The van der Waals surface area contributed by atoms with E-state index in [0.717, 1.165) is 10.5 Å². The van der Waals surface area contributed by atoms with Crippen molar-refractivity contribution in [3.05, 3.63) is 29.3 Å². The van der Waals surface area contributed by atoms with Gasteiger partial charge in [-0.1, -0.05) is 17.7 Å². The minimum atomic E-state index is -2.90. The molecule has 1 aromatic carbocycles. The van der Waals surface area contributed by atoms with Gasteiger partial charge in [-0.25, -0.2) is 4.79 Å². The molecule has 1 fully saturated rings. The van der Waals surface area contributed by atoms with Crippen LogP contribution in [-0.4, -0.2) is 56.1 Å². The van der Waals surface area contributed by atoms with Gasteiger partial charge in [0.2, 0.25) is 5.91 Å². The van der Waals surface area contributed by atoms with Crippen molar-refractivity contribution in [3.63, 3.8) is 0 Å². The molecule has 0 radical (unpaired) electrons. The fourth-order valence-corrected chi connectivity index (χ4v) is 2.42. The van der Waals surface area contributed by atoms with Crippen molar-refractivity contribution >= 4 is 17.9 Å². The molecule has 1 aromatic rings. The van der Waals surface area contributed by atoms with Gasteiger partial charge in [0.25, 0.3) is 0 Å². The fraction of sp³-hybridized carbons (Fsp3) is 0.438. The number of hydrogen-bond acceptors (Lipinski definition) is 4. The van der Waals surface area contributed by atoms with Crippen molar-refractivity contribution in [2.24, 2.45) is 4.99 Å². The summed E-state index contributed by atoms with van der Waals surface area (Å²) in [6, 6.07) is 4.50. The lowest BCUT2D eigenvalue weighted by Gasteiger charge is -2.17. The maximum atomic E-state index is 12.5. The predicted molar refractivity (Wildman–Crippen MR) is 91.1 cm³/mol. The number of halogens is 2. The molecule has 0 bridgehead atoms. The third-order valence-corrected chi connectivity index (χ3v) is 3.67. The smallest absolute Gasteiger partial charge is 0.387 e. The predicted octanol–water partition coefficient (Wildman–Crippen LogP) is 0.813. The third kappa shape index (κ3) is 5.30. The first-order valence-electron chi connectivity index (χ1n) is 7.97. The summed E-state index contributed by atoms with van der Waals surface area (Å²) in [5, 5.41) is 8.38. The Labute approximate surface area is 149 Å². The first-order valence-corrected chi connectivity index (χ1v) is 7.97. The van der Waals surface area contributed by atoms with Crippen molar-refractivity contribution in [1.29, 1.82) is 0 Å².